The zero-order valence-electron chi connectivity index (χ0n) is 11.8. The lowest BCUT2D eigenvalue weighted by atomic mass is 10.1. The average molecular weight is 371 g/mol. The van der Waals surface area contributed by atoms with Crippen LogP contribution in [-0.2, 0) is 4.79 Å². The van der Waals surface area contributed by atoms with Crippen LogP contribution in [0.5, 0.6) is 0 Å². The van der Waals surface area contributed by atoms with Gasteiger partial charge < -0.3 is 10.4 Å². The number of thiophene rings is 1. The minimum atomic E-state index is -4.35. The Labute approximate surface area is 139 Å². The monoisotopic (exact) mass is 370 g/mol. The van der Waals surface area contributed by atoms with Crippen molar-refractivity contribution in [2.45, 2.75) is 31.1 Å². The fourth-order valence-corrected chi connectivity index (χ4v) is 3.42. The molecule has 1 aromatic heterocycles. The van der Waals surface area contributed by atoms with Gasteiger partial charge in [-0.3, -0.25) is 14.5 Å². The zero-order valence-corrected chi connectivity index (χ0v) is 13.3. The zero-order chi connectivity index (χ0) is 17.2. The van der Waals surface area contributed by atoms with E-state index in [-0.39, 0.29) is 13.0 Å². The molecule has 1 saturated heterocycles. The van der Waals surface area contributed by atoms with E-state index in [1.807, 2.05) is 0 Å². The number of carboxylic acid groups (broad SMARTS) is 1. The molecule has 1 aliphatic rings. The molecule has 0 radical (unpaired) electrons. The van der Waals surface area contributed by atoms with Gasteiger partial charge in [-0.25, -0.2) is 0 Å². The average Bonchev–Trinajstić information content (AvgIpc) is 3.02. The third-order valence-corrected chi connectivity index (χ3v) is 4.73. The van der Waals surface area contributed by atoms with Crippen LogP contribution in [-0.4, -0.2) is 53.2 Å². The second-order valence-electron chi connectivity index (χ2n) is 5.22. The van der Waals surface area contributed by atoms with Gasteiger partial charge in [-0.1, -0.05) is 11.6 Å². The molecule has 0 spiro atoms. The maximum Gasteiger partial charge on any atom is 0.390 e. The van der Waals surface area contributed by atoms with Crippen molar-refractivity contribution in [3.05, 3.63) is 21.3 Å². The summed E-state index contributed by atoms with van der Waals surface area (Å²) in [5.41, 5.74) is 0. The van der Waals surface area contributed by atoms with Crippen molar-refractivity contribution in [2.75, 3.05) is 13.1 Å². The highest BCUT2D eigenvalue weighted by molar-refractivity contribution is 7.17. The van der Waals surface area contributed by atoms with Crippen molar-refractivity contribution in [2.24, 2.45) is 0 Å². The Bertz CT molecular complexity index is 593. The van der Waals surface area contributed by atoms with Gasteiger partial charge in [0.1, 0.15) is 6.04 Å². The van der Waals surface area contributed by atoms with E-state index in [2.05, 4.69) is 5.32 Å². The maximum absolute atomic E-state index is 12.3. The van der Waals surface area contributed by atoms with Crippen LogP contribution in [0.4, 0.5) is 13.2 Å². The Morgan fingerprint density at radius 3 is 2.65 bits per heavy atom. The highest BCUT2D eigenvalue weighted by Gasteiger charge is 2.39. The summed E-state index contributed by atoms with van der Waals surface area (Å²) in [5, 5.41) is 11.8. The lowest BCUT2D eigenvalue weighted by molar-refractivity contribution is -0.148. The van der Waals surface area contributed by atoms with Gasteiger partial charge in [0, 0.05) is 19.1 Å². The molecule has 2 heterocycles. The molecule has 128 valence electrons. The first-order chi connectivity index (χ1) is 10.7. The van der Waals surface area contributed by atoms with Gasteiger partial charge in [0.15, 0.2) is 0 Å². The molecule has 0 aliphatic carbocycles. The summed E-state index contributed by atoms with van der Waals surface area (Å²) in [6, 6.07) is 1.55. The first-order valence-electron chi connectivity index (χ1n) is 6.75. The Kier molecular flexibility index (Phi) is 5.53. The Morgan fingerprint density at radius 2 is 2.13 bits per heavy atom. The first-order valence-corrected chi connectivity index (χ1v) is 7.95. The van der Waals surface area contributed by atoms with E-state index in [0.29, 0.717) is 9.21 Å². The molecule has 1 unspecified atom stereocenters. The maximum atomic E-state index is 12.3. The third-order valence-electron chi connectivity index (χ3n) is 3.50. The molecule has 1 amide bonds. The van der Waals surface area contributed by atoms with E-state index in [9.17, 15) is 22.8 Å². The standard InChI is InChI=1S/C13H14ClF3N2O3S/c14-10-2-1-9(23-10)11(20)18-7-5-8(12(21)22)19(6-7)4-3-13(15,16)17/h1-2,7-8H,3-6H2,(H,18,20)(H,21,22)/t7?,8-/m0/s1. The van der Waals surface area contributed by atoms with E-state index >= 15 is 0 Å². The summed E-state index contributed by atoms with van der Waals surface area (Å²) in [6.45, 7) is -0.338. The highest BCUT2D eigenvalue weighted by Crippen LogP contribution is 2.25. The van der Waals surface area contributed by atoms with Crippen LogP contribution in [0.25, 0.3) is 0 Å². The minimum Gasteiger partial charge on any atom is -0.480 e. The Morgan fingerprint density at radius 1 is 1.43 bits per heavy atom. The molecule has 2 rings (SSSR count). The van der Waals surface area contributed by atoms with Crippen molar-refractivity contribution in [1.82, 2.24) is 10.2 Å². The summed E-state index contributed by atoms with van der Waals surface area (Å²) >= 11 is 6.81. The molecule has 1 aromatic rings. The lowest BCUT2D eigenvalue weighted by Gasteiger charge is -2.21. The number of halogens is 4. The van der Waals surface area contributed by atoms with Crippen molar-refractivity contribution in [1.29, 1.82) is 0 Å². The van der Waals surface area contributed by atoms with Gasteiger partial charge in [-0.2, -0.15) is 13.2 Å². The summed E-state index contributed by atoms with van der Waals surface area (Å²) in [7, 11) is 0. The van der Waals surface area contributed by atoms with Crippen LogP contribution < -0.4 is 5.32 Å². The number of likely N-dealkylation sites (tertiary alicyclic amines) is 1. The quantitative estimate of drug-likeness (QED) is 0.836. The molecule has 2 N–H and O–H groups in total. The molecule has 5 nitrogen and oxygen atoms in total. The predicted octanol–water partition coefficient (Wildman–Crippen LogP) is 2.61. The van der Waals surface area contributed by atoms with E-state index in [0.717, 1.165) is 11.3 Å². The van der Waals surface area contributed by atoms with Crippen molar-refractivity contribution in [3.63, 3.8) is 0 Å². The smallest absolute Gasteiger partial charge is 0.390 e. The molecule has 23 heavy (non-hydrogen) atoms. The van der Waals surface area contributed by atoms with Crippen LogP contribution in [0.3, 0.4) is 0 Å². The number of carboxylic acids is 1. The lowest BCUT2D eigenvalue weighted by Crippen LogP contribution is -2.39. The molecule has 0 bridgehead atoms. The number of aliphatic carboxylic acids is 1. The van der Waals surface area contributed by atoms with E-state index in [1.54, 1.807) is 6.07 Å². The normalized spacial score (nSPS) is 22.3. The van der Waals surface area contributed by atoms with Gasteiger partial charge >= 0.3 is 12.1 Å². The van der Waals surface area contributed by atoms with Crippen LogP contribution in [0.2, 0.25) is 4.34 Å². The number of nitrogens with one attached hydrogen (secondary N) is 1. The summed E-state index contributed by atoms with van der Waals surface area (Å²) in [4.78, 5) is 24.8. The molecule has 10 heteroatoms. The fourth-order valence-electron chi connectivity index (χ4n) is 2.48. The molecular formula is C13H14ClF3N2O3S. The largest absolute Gasteiger partial charge is 0.480 e. The van der Waals surface area contributed by atoms with E-state index < -0.39 is 43.1 Å². The van der Waals surface area contributed by atoms with Crippen LogP contribution in [0.1, 0.15) is 22.5 Å². The topological polar surface area (TPSA) is 69.6 Å². The number of hydrogen-bond donors (Lipinski definition) is 2. The highest BCUT2D eigenvalue weighted by atomic mass is 35.5. The molecule has 0 saturated carbocycles. The Balaban J connectivity index is 1.96. The first kappa shape index (κ1) is 18.0. The van der Waals surface area contributed by atoms with Gasteiger partial charge in [0.25, 0.3) is 5.91 Å². The molecular weight excluding hydrogens is 357 g/mol. The molecule has 1 aliphatic heterocycles. The van der Waals surface area contributed by atoms with Crippen LogP contribution in [0.15, 0.2) is 12.1 Å². The SMILES string of the molecule is O=C(NC1C[C@@H](C(=O)O)N(CCC(F)(F)F)C1)c1ccc(Cl)s1. The van der Waals surface area contributed by atoms with Gasteiger partial charge in [-0.15, -0.1) is 11.3 Å². The number of carbonyl (C=O) groups excluding carboxylic acids is 1. The third kappa shape index (κ3) is 5.08. The predicted molar refractivity (Wildman–Crippen MR) is 78.9 cm³/mol. The second kappa shape index (κ2) is 7.06. The van der Waals surface area contributed by atoms with Crippen LogP contribution in [0, 0.1) is 0 Å². The van der Waals surface area contributed by atoms with Crippen molar-refractivity contribution in [3.8, 4) is 0 Å². The number of carbonyl (C=O) groups is 2. The summed E-state index contributed by atoms with van der Waals surface area (Å²) < 4.78 is 37.4. The number of hydrogen-bond acceptors (Lipinski definition) is 4. The van der Waals surface area contributed by atoms with E-state index in [4.69, 9.17) is 16.7 Å². The van der Waals surface area contributed by atoms with Crippen LogP contribution >= 0.6 is 22.9 Å². The summed E-state index contributed by atoms with van der Waals surface area (Å²) in [5.74, 6) is -1.60. The number of rotatable bonds is 5. The summed E-state index contributed by atoms with van der Waals surface area (Å²) in [6.07, 6.45) is -5.37. The number of alkyl halides is 3. The van der Waals surface area contributed by atoms with Crippen molar-refractivity contribution >= 4 is 34.8 Å². The van der Waals surface area contributed by atoms with Gasteiger partial charge in [-0.05, 0) is 18.6 Å². The molecule has 0 aromatic carbocycles. The second-order valence-corrected chi connectivity index (χ2v) is 6.94. The van der Waals surface area contributed by atoms with E-state index in [1.165, 1.54) is 11.0 Å². The number of nitrogens with zero attached hydrogens (tertiary/aromatic N) is 1. The van der Waals surface area contributed by atoms with Gasteiger partial charge in [0.05, 0.1) is 15.6 Å². The molecule has 2 atom stereocenters. The van der Waals surface area contributed by atoms with Crippen molar-refractivity contribution < 1.29 is 27.9 Å². The minimum absolute atomic E-state index is 0.0674. The number of amides is 1. The molecule has 1 fully saturated rings. The Hall–Kier alpha value is -1.32. The van der Waals surface area contributed by atoms with Gasteiger partial charge in [0.2, 0.25) is 0 Å². The fraction of sp³-hybridized carbons (Fsp3) is 0.538.